The van der Waals surface area contributed by atoms with Crippen molar-refractivity contribution < 1.29 is 0 Å². The summed E-state index contributed by atoms with van der Waals surface area (Å²) in [6.07, 6.45) is 2.48. The van der Waals surface area contributed by atoms with Gasteiger partial charge in [-0.15, -0.1) is 0 Å². The Bertz CT molecular complexity index is 894. The van der Waals surface area contributed by atoms with E-state index in [4.69, 9.17) is 4.99 Å². The molecule has 3 aromatic rings. The molecule has 0 saturated carbocycles. The monoisotopic (exact) mass is 376 g/mol. The lowest BCUT2D eigenvalue weighted by atomic mass is 10.1. The summed E-state index contributed by atoms with van der Waals surface area (Å²) in [5.74, 6) is 1.60. The number of nitrogens with one attached hydrogen (secondary N) is 3. The molecule has 0 saturated heterocycles. The Balaban J connectivity index is 1.60. The maximum Gasteiger partial charge on any atom is 0.191 e. The molecule has 3 N–H and O–H groups in total. The maximum absolute atomic E-state index is 4.72. The van der Waals surface area contributed by atoms with E-state index in [1.165, 1.54) is 23.0 Å². The van der Waals surface area contributed by atoms with Crippen molar-refractivity contribution in [3.63, 3.8) is 0 Å². The number of H-pyrrole nitrogens is 1. The summed E-state index contributed by atoms with van der Waals surface area (Å²) in [6, 6.07) is 14.9. The summed E-state index contributed by atoms with van der Waals surface area (Å²) < 4.78 is 0. The summed E-state index contributed by atoms with van der Waals surface area (Å²) >= 11 is 0. The van der Waals surface area contributed by atoms with Crippen LogP contribution in [0.4, 0.5) is 0 Å². The molecule has 6 nitrogen and oxygen atoms in total. The van der Waals surface area contributed by atoms with Crippen molar-refractivity contribution in [3.8, 4) is 11.4 Å². The van der Waals surface area contributed by atoms with Crippen molar-refractivity contribution in [2.24, 2.45) is 4.99 Å². The number of aryl methyl sites for hydroxylation is 2. The van der Waals surface area contributed by atoms with E-state index in [1.54, 1.807) is 0 Å². The molecule has 0 aliphatic heterocycles. The third kappa shape index (κ3) is 5.67. The van der Waals surface area contributed by atoms with Crippen LogP contribution in [-0.4, -0.2) is 34.2 Å². The standard InChI is InChI=1S/C22H28N6/c1-4-23-22(24-9-8-18-11-16(2)10-17(3)12-18)25-14-19-6-5-7-20(13-19)21-26-15-27-28-21/h5-7,10-13,15H,4,8-9,14H2,1-3H3,(H2,23,24,25)(H,26,27,28). The van der Waals surface area contributed by atoms with Crippen molar-refractivity contribution in [2.45, 2.75) is 33.7 Å². The van der Waals surface area contributed by atoms with E-state index in [0.717, 1.165) is 42.4 Å². The average Bonchev–Trinajstić information content (AvgIpc) is 3.20. The minimum absolute atomic E-state index is 0.598. The number of hydrogen-bond donors (Lipinski definition) is 3. The summed E-state index contributed by atoms with van der Waals surface area (Å²) in [5, 5.41) is 13.6. The first-order valence-corrected chi connectivity index (χ1v) is 9.68. The van der Waals surface area contributed by atoms with E-state index in [9.17, 15) is 0 Å². The first kappa shape index (κ1) is 19.6. The lowest BCUT2D eigenvalue weighted by molar-refractivity contribution is 0.799. The van der Waals surface area contributed by atoms with Crippen molar-refractivity contribution in [3.05, 3.63) is 71.0 Å². The van der Waals surface area contributed by atoms with E-state index < -0.39 is 0 Å². The van der Waals surface area contributed by atoms with Gasteiger partial charge in [0.15, 0.2) is 11.8 Å². The smallest absolute Gasteiger partial charge is 0.191 e. The van der Waals surface area contributed by atoms with E-state index in [-0.39, 0.29) is 0 Å². The van der Waals surface area contributed by atoms with Crippen LogP contribution in [0.1, 0.15) is 29.2 Å². The van der Waals surface area contributed by atoms with Gasteiger partial charge in [0.1, 0.15) is 6.33 Å². The van der Waals surface area contributed by atoms with Crippen LogP contribution in [-0.2, 0) is 13.0 Å². The fourth-order valence-corrected chi connectivity index (χ4v) is 3.21. The summed E-state index contributed by atoms with van der Waals surface area (Å²) in [5.41, 5.74) is 6.10. The lowest BCUT2D eigenvalue weighted by Crippen LogP contribution is -2.38. The van der Waals surface area contributed by atoms with Gasteiger partial charge in [-0.3, -0.25) is 5.10 Å². The highest BCUT2D eigenvalue weighted by atomic mass is 15.2. The number of nitrogens with zero attached hydrogens (tertiary/aromatic N) is 3. The predicted molar refractivity (Wildman–Crippen MR) is 114 cm³/mol. The second-order valence-corrected chi connectivity index (χ2v) is 6.90. The van der Waals surface area contributed by atoms with Crippen LogP contribution in [0.3, 0.4) is 0 Å². The SMILES string of the molecule is CCNC(=NCc1cccc(-c2ncn[nH]2)c1)NCCc1cc(C)cc(C)c1. The summed E-state index contributed by atoms with van der Waals surface area (Å²) in [7, 11) is 0. The van der Waals surface area contributed by atoms with Gasteiger partial charge >= 0.3 is 0 Å². The molecule has 0 aliphatic rings. The average molecular weight is 377 g/mol. The Kier molecular flexibility index (Phi) is 6.78. The number of hydrogen-bond acceptors (Lipinski definition) is 3. The second-order valence-electron chi connectivity index (χ2n) is 6.90. The molecular formula is C22H28N6. The Morgan fingerprint density at radius 2 is 1.86 bits per heavy atom. The second kappa shape index (κ2) is 9.69. The number of rotatable bonds is 7. The van der Waals surface area contributed by atoms with Gasteiger partial charge in [0.05, 0.1) is 6.54 Å². The zero-order chi connectivity index (χ0) is 19.8. The molecule has 2 aromatic carbocycles. The zero-order valence-electron chi connectivity index (χ0n) is 16.8. The molecule has 28 heavy (non-hydrogen) atoms. The maximum atomic E-state index is 4.72. The van der Waals surface area contributed by atoms with Crippen LogP contribution in [0.5, 0.6) is 0 Å². The molecule has 146 valence electrons. The minimum atomic E-state index is 0.598. The van der Waals surface area contributed by atoms with Crippen molar-refractivity contribution in [1.29, 1.82) is 0 Å². The molecule has 1 heterocycles. The van der Waals surface area contributed by atoms with Crippen LogP contribution < -0.4 is 10.6 Å². The Morgan fingerprint density at radius 1 is 1.04 bits per heavy atom. The van der Waals surface area contributed by atoms with Gasteiger partial charge in [-0.05, 0) is 44.4 Å². The molecule has 3 rings (SSSR count). The molecule has 0 spiro atoms. The first-order valence-electron chi connectivity index (χ1n) is 9.68. The van der Waals surface area contributed by atoms with Gasteiger partial charge in [-0.2, -0.15) is 5.10 Å². The van der Waals surface area contributed by atoms with Crippen LogP contribution >= 0.6 is 0 Å². The normalized spacial score (nSPS) is 11.5. The third-order valence-corrected chi connectivity index (χ3v) is 4.37. The van der Waals surface area contributed by atoms with E-state index in [0.29, 0.717) is 6.54 Å². The largest absolute Gasteiger partial charge is 0.357 e. The quantitative estimate of drug-likeness (QED) is 0.436. The predicted octanol–water partition coefficient (Wildman–Crippen LogP) is 3.39. The lowest BCUT2D eigenvalue weighted by Gasteiger charge is -2.12. The molecule has 0 amide bonds. The summed E-state index contributed by atoms with van der Waals surface area (Å²) in [4.78, 5) is 8.93. The van der Waals surface area contributed by atoms with Gasteiger partial charge in [0.25, 0.3) is 0 Å². The fraction of sp³-hybridized carbons (Fsp3) is 0.318. The molecule has 6 heteroatoms. The number of aliphatic imine (C=N–C) groups is 1. The van der Waals surface area contributed by atoms with Crippen molar-refractivity contribution >= 4 is 5.96 Å². The Labute approximate surface area is 166 Å². The topological polar surface area (TPSA) is 78.0 Å². The summed E-state index contributed by atoms with van der Waals surface area (Å²) in [6.45, 7) is 8.62. The molecule has 0 bridgehead atoms. The van der Waals surface area contributed by atoms with E-state index >= 15 is 0 Å². The highest BCUT2D eigenvalue weighted by Gasteiger charge is 2.03. The van der Waals surface area contributed by atoms with Gasteiger partial charge in [-0.25, -0.2) is 9.98 Å². The number of guanidine groups is 1. The van der Waals surface area contributed by atoms with Gasteiger partial charge in [-0.1, -0.05) is 47.5 Å². The number of aromatic nitrogens is 3. The molecule has 0 fully saturated rings. The van der Waals surface area contributed by atoms with Crippen LogP contribution in [0.25, 0.3) is 11.4 Å². The van der Waals surface area contributed by atoms with Crippen LogP contribution in [0.2, 0.25) is 0 Å². The highest BCUT2D eigenvalue weighted by Crippen LogP contribution is 2.16. The van der Waals surface area contributed by atoms with Gasteiger partial charge < -0.3 is 10.6 Å². The number of benzene rings is 2. The molecule has 0 radical (unpaired) electrons. The van der Waals surface area contributed by atoms with Gasteiger partial charge in [0.2, 0.25) is 0 Å². The number of aromatic amines is 1. The molecule has 0 atom stereocenters. The molecule has 1 aromatic heterocycles. The molecule has 0 aliphatic carbocycles. The third-order valence-electron chi connectivity index (χ3n) is 4.37. The molecular weight excluding hydrogens is 348 g/mol. The molecule has 0 unspecified atom stereocenters. The van der Waals surface area contributed by atoms with Crippen LogP contribution in [0.15, 0.2) is 53.8 Å². The minimum Gasteiger partial charge on any atom is -0.357 e. The Hall–Kier alpha value is -3.15. The highest BCUT2D eigenvalue weighted by molar-refractivity contribution is 5.79. The first-order chi connectivity index (χ1) is 13.6. The van der Waals surface area contributed by atoms with E-state index in [1.807, 2.05) is 12.1 Å². The zero-order valence-corrected chi connectivity index (χ0v) is 16.8. The van der Waals surface area contributed by atoms with Gasteiger partial charge in [0, 0.05) is 18.7 Å². The van der Waals surface area contributed by atoms with Crippen molar-refractivity contribution in [1.82, 2.24) is 25.8 Å². The Morgan fingerprint density at radius 3 is 2.57 bits per heavy atom. The van der Waals surface area contributed by atoms with Crippen molar-refractivity contribution in [2.75, 3.05) is 13.1 Å². The van der Waals surface area contributed by atoms with Crippen LogP contribution in [0, 0.1) is 13.8 Å². The van der Waals surface area contributed by atoms with E-state index in [2.05, 4.69) is 76.9 Å². The fourth-order valence-electron chi connectivity index (χ4n) is 3.21.